The van der Waals surface area contributed by atoms with Crippen molar-refractivity contribution < 1.29 is 4.79 Å². The zero-order valence-corrected chi connectivity index (χ0v) is 9.37. The summed E-state index contributed by atoms with van der Waals surface area (Å²) < 4.78 is 0. The minimum Gasteiger partial charge on any atom is -0.350 e. The van der Waals surface area contributed by atoms with Gasteiger partial charge in [0.05, 0.1) is 5.71 Å². The van der Waals surface area contributed by atoms with Crippen molar-refractivity contribution in [3.63, 3.8) is 0 Å². The van der Waals surface area contributed by atoms with Gasteiger partial charge in [-0.05, 0) is 30.8 Å². The van der Waals surface area contributed by atoms with E-state index in [0.717, 1.165) is 12.1 Å². The fraction of sp³-hybridized carbons (Fsp3) is 0.636. The Morgan fingerprint density at radius 1 is 1.60 bits per heavy atom. The number of hydrogen-bond acceptors (Lipinski definition) is 2. The quantitative estimate of drug-likeness (QED) is 0.630. The predicted octanol–water partition coefficient (Wildman–Crippen LogP) is 1.63. The van der Waals surface area contributed by atoms with E-state index in [1.54, 1.807) is 0 Å². The van der Waals surface area contributed by atoms with Gasteiger partial charge in [-0.25, -0.2) is 10.2 Å². The van der Waals surface area contributed by atoms with E-state index in [0.29, 0.717) is 11.8 Å². The fourth-order valence-electron chi connectivity index (χ4n) is 2.86. The molecular weight excluding hydrogens is 190 g/mol. The molecule has 1 saturated carbocycles. The Morgan fingerprint density at radius 2 is 2.27 bits per heavy atom. The molecule has 0 aromatic heterocycles. The number of nitrogens with one attached hydrogen (secondary N) is 1. The van der Waals surface area contributed by atoms with Crippen LogP contribution in [0, 0.1) is 17.3 Å². The number of fused-ring (bicyclic) bond motifs is 1. The molecule has 1 fully saturated rings. The van der Waals surface area contributed by atoms with Crippen LogP contribution in [-0.2, 0) is 0 Å². The van der Waals surface area contributed by atoms with Gasteiger partial charge >= 0.3 is 6.03 Å². The summed E-state index contributed by atoms with van der Waals surface area (Å²) in [6.45, 7) is 6.63. The van der Waals surface area contributed by atoms with E-state index in [1.807, 2.05) is 0 Å². The third-order valence-corrected chi connectivity index (χ3v) is 3.85. The molecule has 0 aromatic carbocycles. The maximum absolute atomic E-state index is 10.6. The average molecular weight is 207 g/mol. The molecule has 2 bridgehead atoms. The highest BCUT2D eigenvalue weighted by molar-refractivity contribution is 6.01. The number of hydrazone groups is 1. The molecule has 2 atom stereocenters. The number of allylic oxidation sites excluding steroid dienone is 2. The van der Waals surface area contributed by atoms with E-state index in [4.69, 9.17) is 5.73 Å². The van der Waals surface area contributed by atoms with E-state index >= 15 is 0 Å². The Bertz CT molecular complexity index is 368. The summed E-state index contributed by atoms with van der Waals surface area (Å²) in [7, 11) is 0. The van der Waals surface area contributed by atoms with Crippen LogP contribution >= 0.6 is 0 Å². The van der Waals surface area contributed by atoms with Crippen LogP contribution in [0.3, 0.4) is 0 Å². The first kappa shape index (κ1) is 10.2. The molecule has 3 rings (SSSR count). The Balaban J connectivity index is 2.25. The van der Waals surface area contributed by atoms with Crippen LogP contribution in [0.2, 0.25) is 0 Å². The number of carbonyl (C=O) groups excluding carboxylic acids is 1. The van der Waals surface area contributed by atoms with Gasteiger partial charge in [-0.3, -0.25) is 0 Å². The lowest BCUT2D eigenvalue weighted by Gasteiger charge is -2.56. The molecule has 0 spiro atoms. The van der Waals surface area contributed by atoms with Crippen LogP contribution in [0.5, 0.6) is 0 Å². The van der Waals surface area contributed by atoms with E-state index in [2.05, 4.69) is 37.4 Å². The van der Waals surface area contributed by atoms with Gasteiger partial charge in [0.2, 0.25) is 0 Å². The third kappa shape index (κ3) is 1.44. The van der Waals surface area contributed by atoms with E-state index in [1.165, 1.54) is 5.57 Å². The van der Waals surface area contributed by atoms with Crippen molar-refractivity contribution in [3.05, 3.63) is 11.6 Å². The van der Waals surface area contributed by atoms with Crippen molar-refractivity contribution in [2.45, 2.75) is 27.2 Å². The van der Waals surface area contributed by atoms with Crippen molar-refractivity contribution in [3.8, 4) is 0 Å². The van der Waals surface area contributed by atoms with Gasteiger partial charge < -0.3 is 5.73 Å². The van der Waals surface area contributed by atoms with Gasteiger partial charge in [0.1, 0.15) is 0 Å². The summed E-state index contributed by atoms with van der Waals surface area (Å²) in [4.78, 5) is 10.6. The molecule has 0 heterocycles. The van der Waals surface area contributed by atoms with Gasteiger partial charge in [0.15, 0.2) is 0 Å². The number of hydrogen-bond donors (Lipinski definition) is 2. The summed E-state index contributed by atoms with van der Waals surface area (Å²) in [6.07, 6.45) is 3.22. The zero-order chi connectivity index (χ0) is 11.2. The number of rotatable bonds is 1. The lowest BCUT2D eigenvalue weighted by molar-refractivity contribution is 0.0467. The zero-order valence-electron chi connectivity index (χ0n) is 9.37. The molecule has 2 amide bonds. The maximum Gasteiger partial charge on any atom is 0.332 e. The molecule has 4 nitrogen and oxygen atoms in total. The molecule has 3 aliphatic rings. The minimum atomic E-state index is -0.604. The van der Waals surface area contributed by atoms with Crippen LogP contribution in [0.15, 0.2) is 16.8 Å². The topological polar surface area (TPSA) is 67.5 Å². The van der Waals surface area contributed by atoms with Crippen molar-refractivity contribution in [1.82, 2.24) is 5.43 Å². The summed E-state index contributed by atoms with van der Waals surface area (Å²) in [6, 6.07) is -0.604. The number of carbonyl (C=O) groups is 1. The first-order valence-electron chi connectivity index (χ1n) is 5.24. The van der Waals surface area contributed by atoms with Gasteiger partial charge in [0, 0.05) is 5.92 Å². The molecule has 0 aliphatic heterocycles. The summed E-state index contributed by atoms with van der Waals surface area (Å²) in [5, 5.41) is 4.06. The lowest BCUT2D eigenvalue weighted by atomic mass is 9.48. The van der Waals surface area contributed by atoms with Gasteiger partial charge in [-0.1, -0.05) is 19.4 Å². The highest BCUT2D eigenvalue weighted by atomic mass is 16.2. The fourth-order valence-corrected chi connectivity index (χ4v) is 2.86. The van der Waals surface area contributed by atoms with Gasteiger partial charge in [0.25, 0.3) is 0 Å². The van der Waals surface area contributed by atoms with Crippen LogP contribution in [-0.4, -0.2) is 11.7 Å². The monoisotopic (exact) mass is 207 g/mol. The Kier molecular flexibility index (Phi) is 2.10. The van der Waals surface area contributed by atoms with Crippen molar-refractivity contribution >= 4 is 11.7 Å². The molecule has 3 N–H and O–H groups in total. The van der Waals surface area contributed by atoms with Crippen molar-refractivity contribution in [2.24, 2.45) is 28.1 Å². The van der Waals surface area contributed by atoms with Gasteiger partial charge in [-0.2, -0.15) is 5.10 Å². The van der Waals surface area contributed by atoms with Crippen LogP contribution < -0.4 is 11.2 Å². The number of urea groups is 1. The summed E-state index contributed by atoms with van der Waals surface area (Å²) in [5.74, 6) is 1.13. The summed E-state index contributed by atoms with van der Waals surface area (Å²) >= 11 is 0. The molecule has 2 unspecified atom stereocenters. The van der Waals surface area contributed by atoms with Crippen LogP contribution in [0.1, 0.15) is 27.2 Å². The highest BCUT2D eigenvalue weighted by Gasteiger charge is 2.53. The first-order valence-corrected chi connectivity index (χ1v) is 5.24. The Hall–Kier alpha value is -1.32. The van der Waals surface area contributed by atoms with Crippen LogP contribution in [0.4, 0.5) is 4.79 Å². The third-order valence-electron chi connectivity index (χ3n) is 3.85. The SMILES string of the molecule is CC1=CC(=NNC(N)=O)C2CC1C2(C)C. The summed E-state index contributed by atoms with van der Waals surface area (Å²) in [5.41, 5.74) is 9.89. The van der Waals surface area contributed by atoms with E-state index in [-0.39, 0.29) is 5.41 Å². The average Bonchev–Trinajstić information content (AvgIpc) is 2.13. The standard InChI is InChI=1S/C11H17N3O/c1-6-4-9(13-14-10(12)15)8-5-7(6)11(8,2)3/h4,7-8H,5H2,1-3H3,(H3,12,14,15). The maximum atomic E-state index is 10.6. The highest BCUT2D eigenvalue weighted by Crippen LogP contribution is 2.57. The predicted molar refractivity (Wildman–Crippen MR) is 59.3 cm³/mol. The van der Waals surface area contributed by atoms with Crippen molar-refractivity contribution in [1.29, 1.82) is 0 Å². The molecule has 15 heavy (non-hydrogen) atoms. The van der Waals surface area contributed by atoms with Crippen LogP contribution in [0.25, 0.3) is 0 Å². The Labute approximate surface area is 89.6 Å². The smallest absolute Gasteiger partial charge is 0.332 e. The minimum absolute atomic E-state index is 0.275. The first-order chi connectivity index (χ1) is 6.93. The van der Waals surface area contributed by atoms with E-state index in [9.17, 15) is 4.79 Å². The number of nitrogens with zero attached hydrogens (tertiary/aromatic N) is 1. The number of primary amides is 1. The van der Waals surface area contributed by atoms with Crippen molar-refractivity contribution in [2.75, 3.05) is 0 Å². The second-order valence-electron chi connectivity index (χ2n) is 5.06. The molecule has 0 radical (unpaired) electrons. The molecule has 0 aromatic rings. The molecule has 4 heteroatoms. The Morgan fingerprint density at radius 3 is 2.73 bits per heavy atom. The molecular formula is C11H17N3O. The number of amides is 2. The normalized spacial score (nSPS) is 34.3. The largest absolute Gasteiger partial charge is 0.350 e. The lowest BCUT2D eigenvalue weighted by Crippen LogP contribution is -2.52. The number of nitrogens with two attached hydrogens (primary N) is 1. The second kappa shape index (κ2) is 3.08. The van der Waals surface area contributed by atoms with E-state index < -0.39 is 6.03 Å². The molecule has 82 valence electrons. The van der Waals surface area contributed by atoms with Gasteiger partial charge in [-0.15, -0.1) is 0 Å². The molecule has 3 aliphatic carbocycles. The molecule has 0 saturated heterocycles. The second-order valence-corrected chi connectivity index (χ2v) is 5.06.